The van der Waals surface area contributed by atoms with Gasteiger partial charge in [0, 0.05) is 5.02 Å². The van der Waals surface area contributed by atoms with E-state index in [1.807, 2.05) is 0 Å². The van der Waals surface area contributed by atoms with E-state index in [0.717, 1.165) is 0 Å². The zero-order valence-electron chi connectivity index (χ0n) is 11.0. The van der Waals surface area contributed by atoms with E-state index in [-0.39, 0.29) is 12.4 Å². The highest BCUT2D eigenvalue weighted by molar-refractivity contribution is 6.30. The molecule has 2 N–H and O–H groups in total. The summed E-state index contributed by atoms with van der Waals surface area (Å²) in [5.74, 6) is 0.246. The van der Waals surface area contributed by atoms with E-state index in [2.05, 4.69) is 10.5 Å². The highest BCUT2D eigenvalue weighted by Crippen LogP contribution is 2.16. The van der Waals surface area contributed by atoms with Gasteiger partial charge in [-0.3, -0.25) is 4.79 Å². The molecule has 0 atom stereocenters. The number of phenolic OH excluding ortho intramolecular Hbond substituents is 1. The number of rotatable bonds is 5. The Kier molecular flexibility index (Phi) is 5.17. The van der Waals surface area contributed by atoms with Crippen molar-refractivity contribution in [1.29, 1.82) is 0 Å². The molecule has 0 aromatic heterocycles. The molecule has 2 rings (SSSR count). The largest absolute Gasteiger partial charge is 0.508 e. The quantitative estimate of drug-likeness (QED) is 0.659. The van der Waals surface area contributed by atoms with Crippen molar-refractivity contribution >= 4 is 23.7 Å². The molecule has 0 aliphatic rings. The Labute approximate surface area is 126 Å². The van der Waals surface area contributed by atoms with Crippen molar-refractivity contribution in [3.8, 4) is 11.5 Å². The molecule has 5 nitrogen and oxygen atoms in total. The van der Waals surface area contributed by atoms with Gasteiger partial charge in [0.15, 0.2) is 6.61 Å². The van der Waals surface area contributed by atoms with E-state index in [0.29, 0.717) is 16.3 Å². The van der Waals surface area contributed by atoms with Gasteiger partial charge in [0.25, 0.3) is 5.91 Å². The van der Waals surface area contributed by atoms with Crippen LogP contribution in [0.2, 0.25) is 5.02 Å². The molecule has 2 aromatic rings. The van der Waals surface area contributed by atoms with Crippen LogP contribution in [0, 0.1) is 0 Å². The highest BCUT2D eigenvalue weighted by Gasteiger charge is 2.01. The van der Waals surface area contributed by atoms with Crippen LogP contribution in [0.25, 0.3) is 0 Å². The van der Waals surface area contributed by atoms with Crippen LogP contribution in [0.5, 0.6) is 11.5 Å². The Balaban J connectivity index is 1.80. The second kappa shape index (κ2) is 7.31. The van der Waals surface area contributed by atoms with Crippen LogP contribution in [0.1, 0.15) is 5.56 Å². The van der Waals surface area contributed by atoms with Crippen molar-refractivity contribution in [2.75, 3.05) is 6.61 Å². The molecule has 0 unspecified atom stereocenters. The van der Waals surface area contributed by atoms with Gasteiger partial charge in [-0.15, -0.1) is 0 Å². The maximum absolute atomic E-state index is 11.5. The number of carbonyl (C=O) groups is 1. The van der Waals surface area contributed by atoms with E-state index in [1.54, 1.807) is 42.5 Å². The predicted molar refractivity (Wildman–Crippen MR) is 80.8 cm³/mol. The first-order chi connectivity index (χ1) is 10.1. The summed E-state index contributed by atoms with van der Waals surface area (Å²) in [5, 5.41) is 13.6. The van der Waals surface area contributed by atoms with Gasteiger partial charge in [0.1, 0.15) is 11.5 Å². The summed E-state index contributed by atoms with van der Waals surface area (Å²) in [6.45, 7) is -0.169. The lowest BCUT2D eigenvalue weighted by Crippen LogP contribution is -2.24. The number of halogens is 1. The number of hydrazone groups is 1. The van der Waals surface area contributed by atoms with Gasteiger partial charge in [-0.1, -0.05) is 29.8 Å². The zero-order valence-corrected chi connectivity index (χ0v) is 11.7. The number of phenols is 1. The molecule has 108 valence electrons. The topological polar surface area (TPSA) is 70.9 Å². The summed E-state index contributed by atoms with van der Waals surface area (Å²) in [6, 6.07) is 13.3. The molecule has 2 aromatic carbocycles. The van der Waals surface area contributed by atoms with Crippen LogP contribution in [0.4, 0.5) is 0 Å². The molecule has 21 heavy (non-hydrogen) atoms. The van der Waals surface area contributed by atoms with E-state index in [4.69, 9.17) is 16.3 Å². The summed E-state index contributed by atoms with van der Waals surface area (Å²) < 4.78 is 5.26. The maximum Gasteiger partial charge on any atom is 0.277 e. The Bertz CT molecular complexity index is 659. The van der Waals surface area contributed by atoms with Crippen molar-refractivity contribution < 1.29 is 14.6 Å². The first-order valence-corrected chi connectivity index (χ1v) is 6.50. The molecule has 0 heterocycles. The molecule has 6 heteroatoms. The lowest BCUT2D eigenvalue weighted by atomic mass is 10.2. The number of hydrogen-bond acceptors (Lipinski definition) is 4. The minimum atomic E-state index is -0.397. The van der Waals surface area contributed by atoms with E-state index >= 15 is 0 Å². The normalized spacial score (nSPS) is 10.5. The standard InChI is InChI=1S/C15H13ClN2O3/c16-12-4-2-6-14(8-12)21-10-15(20)18-17-9-11-3-1-5-13(19)7-11/h1-9,19H,10H2,(H,18,20)/b17-9+. The number of amides is 1. The molecule has 0 aliphatic heterocycles. The minimum absolute atomic E-state index is 0.134. The fraction of sp³-hybridized carbons (Fsp3) is 0.0667. The Morgan fingerprint density at radius 2 is 2.10 bits per heavy atom. The summed E-state index contributed by atoms with van der Waals surface area (Å²) in [5.41, 5.74) is 3.00. The third-order valence-corrected chi connectivity index (χ3v) is 2.67. The van der Waals surface area contributed by atoms with Crippen LogP contribution < -0.4 is 10.2 Å². The van der Waals surface area contributed by atoms with Crippen LogP contribution in [-0.2, 0) is 4.79 Å². The number of benzene rings is 2. The molecular weight excluding hydrogens is 292 g/mol. The SMILES string of the molecule is O=C(COc1cccc(Cl)c1)N/N=C/c1cccc(O)c1. The number of nitrogens with zero attached hydrogens (tertiary/aromatic N) is 1. The van der Waals surface area contributed by atoms with Gasteiger partial charge in [-0.05, 0) is 35.9 Å². The van der Waals surface area contributed by atoms with Crippen LogP contribution in [0.15, 0.2) is 53.6 Å². The molecule has 0 spiro atoms. The first kappa shape index (κ1) is 14.9. The van der Waals surface area contributed by atoms with Gasteiger partial charge < -0.3 is 9.84 Å². The second-order valence-corrected chi connectivity index (χ2v) is 4.57. The number of carbonyl (C=O) groups excluding carboxylic acids is 1. The van der Waals surface area contributed by atoms with Gasteiger partial charge in [-0.2, -0.15) is 5.10 Å². The fourth-order valence-corrected chi connectivity index (χ4v) is 1.70. The smallest absolute Gasteiger partial charge is 0.277 e. The van der Waals surface area contributed by atoms with Gasteiger partial charge in [-0.25, -0.2) is 5.43 Å². The third-order valence-electron chi connectivity index (χ3n) is 2.44. The Morgan fingerprint density at radius 3 is 2.86 bits per heavy atom. The summed E-state index contributed by atoms with van der Waals surface area (Å²) in [4.78, 5) is 11.5. The fourth-order valence-electron chi connectivity index (χ4n) is 1.52. The van der Waals surface area contributed by atoms with Crippen molar-refractivity contribution in [3.05, 3.63) is 59.1 Å². The first-order valence-electron chi connectivity index (χ1n) is 6.13. The van der Waals surface area contributed by atoms with Crippen molar-refractivity contribution in [1.82, 2.24) is 5.43 Å². The lowest BCUT2D eigenvalue weighted by molar-refractivity contribution is -0.123. The minimum Gasteiger partial charge on any atom is -0.508 e. The van der Waals surface area contributed by atoms with E-state index in [9.17, 15) is 9.90 Å². The summed E-state index contributed by atoms with van der Waals surface area (Å²) in [6.07, 6.45) is 1.43. The zero-order chi connectivity index (χ0) is 15.1. The molecule has 0 saturated heterocycles. The summed E-state index contributed by atoms with van der Waals surface area (Å²) in [7, 11) is 0. The maximum atomic E-state index is 11.5. The number of aromatic hydroxyl groups is 1. The molecule has 0 radical (unpaired) electrons. The molecular formula is C15H13ClN2O3. The van der Waals surface area contributed by atoms with Gasteiger partial charge in [0.2, 0.25) is 0 Å². The Hall–Kier alpha value is -2.53. The number of hydrogen-bond donors (Lipinski definition) is 2. The van der Waals surface area contributed by atoms with E-state index < -0.39 is 5.91 Å². The molecule has 0 aliphatic carbocycles. The van der Waals surface area contributed by atoms with Gasteiger partial charge >= 0.3 is 0 Å². The van der Waals surface area contributed by atoms with Gasteiger partial charge in [0.05, 0.1) is 6.21 Å². The Morgan fingerprint density at radius 1 is 1.29 bits per heavy atom. The van der Waals surface area contributed by atoms with Crippen molar-refractivity contribution in [3.63, 3.8) is 0 Å². The number of ether oxygens (including phenoxy) is 1. The monoisotopic (exact) mass is 304 g/mol. The van der Waals surface area contributed by atoms with Crippen LogP contribution in [-0.4, -0.2) is 23.8 Å². The molecule has 0 bridgehead atoms. The third kappa shape index (κ3) is 5.16. The van der Waals surface area contributed by atoms with E-state index in [1.165, 1.54) is 12.3 Å². The average molecular weight is 305 g/mol. The van der Waals surface area contributed by atoms with Crippen molar-refractivity contribution in [2.45, 2.75) is 0 Å². The van der Waals surface area contributed by atoms with Crippen molar-refractivity contribution in [2.24, 2.45) is 5.10 Å². The molecule has 0 fully saturated rings. The molecule has 1 amide bonds. The predicted octanol–water partition coefficient (Wildman–Crippen LogP) is 2.57. The van der Waals surface area contributed by atoms with Crippen LogP contribution in [0.3, 0.4) is 0 Å². The average Bonchev–Trinajstić information content (AvgIpc) is 2.45. The van der Waals surface area contributed by atoms with Crippen LogP contribution >= 0.6 is 11.6 Å². The highest BCUT2D eigenvalue weighted by atomic mass is 35.5. The summed E-state index contributed by atoms with van der Waals surface area (Å²) >= 11 is 5.80. The number of nitrogens with one attached hydrogen (secondary N) is 1. The second-order valence-electron chi connectivity index (χ2n) is 4.13. The molecule has 0 saturated carbocycles. The lowest BCUT2D eigenvalue weighted by Gasteiger charge is -2.04.